The molecule has 2 atom stereocenters. The quantitative estimate of drug-likeness (QED) is 0.873. The molecule has 1 aromatic rings. The van der Waals surface area contributed by atoms with Gasteiger partial charge in [0.05, 0.1) is 0 Å². The van der Waals surface area contributed by atoms with Crippen molar-refractivity contribution < 1.29 is 13.6 Å². The average molecular weight is 325 g/mol. The van der Waals surface area contributed by atoms with Crippen LogP contribution in [0.2, 0.25) is 3.67 Å². The van der Waals surface area contributed by atoms with Crippen LogP contribution in [0.5, 0.6) is 0 Å². The first-order valence-corrected chi connectivity index (χ1v) is 8.81. The van der Waals surface area contributed by atoms with Crippen molar-refractivity contribution >= 4 is 32.1 Å². The third-order valence-corrected chi connectivity index (χ3v) is 7.81. The molecule has 2 N–H and O–H groups in total. The summed E-state index contributed by atoms with van der Waals surface area (Å²) in [7, 11) is 0. The zero-order chi connectivity index (χ0) is 11.7. The van der Waals surface area contributed by atoms with Crippen molar-refractivity contribution in [2.45, 2.75) is 16.0 Å². The molecule has 2 rings (SSSR count). The van der Waals surface area contributed by atoms with Crippen LogP contribution in [0, 0.1) is 11.6 Å². The van der Waals surface area contributed by atoms with E-state index in [9.17, 15) is 13.6 Å². The topological polar surface area (TPSA) is 43.1 Å². The fourth-order valence-corrected chi connectivity index (χ4v) is 6.34. The molecule has 1 aliphatic rings. The third kappa shape index (κ3) is 2.34. The Morgan fingerprint density at radius 3 is 2.75 bits per heavy atom. The maximum absolute atomic E-state index is 13.5. The van der Waals surface area contributed by atoms with Crippen LogP contribution in [-0.4, -0.2) is 32.1 Å². The molecule has 2 unspecified atom stereocenters. The van der Waals surface area contributed by atoms with Crippen molar-refractivity contribution in [1.82, 2.24) is 0 Å². The molecule has 16 heavy (non-hydrogen) atoms. The number of rotatable bonds is 2. The molecule has 1 aromatic carbocycles. The van der Waals surface area contributed by atoms with Gasteiger partial charge in [-0.15, -0.1) is 0 Å². The molecular formula is C11H10F2InNO. The standard InChI is InChI=1S/C11H10F2NO.In/c1-7(2-5-11(14)15)9-4-3-8(12)6-10(9)13;/h1,3-7H,2H2,(H2,14,15);. The molecule has 1 aliphatic heterocycles. The molecular weight excluding hydrogens is 315 g/mol. The summed E-state index contributed by atoms with van der Waals surface area (Å²) in [6.45, 7) is 0. The number of halogens is 2. The van der Waals surface area contributed by atoms with Crippen LogP contribution in [0.3, 0.4) is 0 Å². The molecule has 5 heteroatoms. The maximum atomic E-state index is 13.5. The number of primary amides is 1. The third-order valence-electron chi connectivity index (χ3n) is 2.81. The second-order valence-corrected chi connectivity index (χ2v) is 8.40. The Hall–Kier alpha value is -0.710. The van der Waals surface area contributed by atoms with E-state index in [1.807, 2.05) is 0 Å². The van der Waals surface area contributed by atoms with E-state index in [1.165, 1.54) is 12.1 Å². The second-order valence-electron chi connectivity index (χ2n) is 3.90. The monoisotopic (exact) mass is 325 g/mol. The Morgan fingerprint density at radius 1 is 1.44 bits per heavy atom. The number of amides is 1. The minimum absolute atomic E-state index is 0.0374. The van der Waals surface area contributed by atoms with Gasteiger partial charge in [-0.2, -0.15) is 0 Å². The van der Waals surface area contributed by atoms with Crippen LogP contribution >= 0.6 is 0 Å². The summed E-state index contributed by atoms with van der Waals surface area (Å²) in [5.41, 5.74) is 5.72. The van der Waals surface area contributed by atoms with E-state index in [0.717, 1.165) is 6.07 Å². The van der Waals surface area contributed by atoms with E-state index in [2.05, 4.69) is 3.76 Å². The predicted octanol–water partition coefficient (Wildman–Crippen LogP) is 1.23. The van der Waals surface area contributed by atoms with Gasteiger partial charge in [0, 0.05) is 0 Å². The molecule has 0 fully saturated rings. The van der Waals surface area contributed by atoms with Crippen molar-refractivity contribution in [1.29, 1.82) is 0 Å². The first kappa shape index (κ1) is 11.8. The molecule has 2 nitrogen and oxygen atoms in total. The fraction of sp³-hybridized carbons (Fsp3) is 0.273. The van der Waals surface area contributed by atoms with Crippen LogP contribution in [0.4, 0.5) is 8.78 Å². The molecule has 0 saturated carbocycles. The van der Waals surface area contributed by atoms with Crippen LogP contribution in [-0.2, 0) is 4.79 Å². The molecule has 82 valence electrons. The minimum atomic E-state index is -1.12. The SMILES string of the molecule is NC(=O)[CH]1CC(c2ccc(F)cc2F)[CH]=[In]1. The van der Waals surface area contributed by atoms with Gasteiger partial charge in [-0.1, -0.05) is 0 Å². The number of carbonyl (C=O) groups is 1. The van der Waals surface area contributed by atoms with Crippen molar-refractivity contribution in [3.05, 3.63) is 35.4 Å². The summed E-state index contributed by atoms with van der Waals surface area (Å²) in [5, 5.41) is 0. The van der Waals surface area contributed by atoms with E-state index in [1.54, 1.807) is 0 Å². The first-order chi connectivity index (χ1) is 7.58. The van der Waals surface area contributed by atoms with Gasteiger partial charge in [0.25, 0.3) is 0 Å². The summed E-state index contributed by atoms with van der Waals surface area (Å²) in [4.78, 5) is 11.0. The van der Waals surface area contributed by atoms with Gasteiger partial charge < -0.3 is 0 Å². The van der Waals surface area contributed by atoms with E-state index in [0.29, 0.717) is 12.0 Å². The average Bonchev–Trinajstić information content (AvgIpc) is 2.66. The molecule has 0 aliphatic carbocycles. The van der Waals surface area contributed by atoms with Crippen molar-refractivity contribution in [2.75, 3.05) is 0 Å². The summed E-state index contributed by atoms with van der Waals surface area (Å²) < 4.78 is 28.2. The van der Waals surface area contributed by atoms with Crippen LogP contribution in [0.25, 0.3) is 0 Å². The van der Waals surface area contributed by atoms with Crippen molar-refractivity contribution in [3.8, 4) is 0 Å². The van der Waals surface area contributed by atoms with Crippen LogP contribution < -0.4 is 5.73 Å². The fourth-order valence-electron chi connectivity index (χ4n) is 1.94. The van der Waals surface area contributed by atoms with Gasteiger partial charge in [-0.05, 0) is 0 Å². The van der Waals surface area contributed by atoms with Crippen molar-refractivity contribution in [2.24, 2.45) is 5.73 Å². The number of benzene rings is 1. The van der Waals surface area contributed by atoms with Gasteiger partial charge in [-0.3, -0.25) is 0 Å². The Labute approximate surface area is 103 Å². The van der Waals surface area contributed by atoms with Gasteiger partial charge in [0.15, 0.2) is 0 Å². The second kappa shape index (κ2) is 4.65. The Morgan fingerprint density at radius 2 is 2.19 bits per heavy atom. The van der Waals surface area contributed by atoms with Gasteiger partial charge in [-0.25, -0.2) is 0 Å². The van der Waals surface area contributed by atoms with Crippen molar-refractivity contribution in [3.63, 3.8) is 0 Å². The van der Waals surface area contributed by atoms with Gasteiger partial charge in [0.1, 0.15) is 0 Å². The number of hydrogen-bond donors (Lipinski definition) is 1. The Kier molecular flexibility index (Phi) is 3.42. The molecule has 0 saturated heterocycles. The summed E-state index contributed by atoms with van der Waals surface area (Å²) >= 11 is -1.12. The van der Waals surface area contributed by atoms with Crippen LogP contribution in [0.1, 0.15) is 17.9 Å². The normalized spacial score (nSPS) is 23.1. The molecule has 0 bridgehead atoms. The summed E-state index contributed by atoms with van der Waals surface area (Å²) in [6, 6.07) is 3.59. The molecule has 0 spiro atoms. The zero-order valence-electron chi connectivity index (χ0n) is 8.49. The summed E-state index contributed by atoms with van der Waals surface area (Å²) in [6.07, 6.45) is 0.596. The first-order valence-electron chi connectivity index (χ1n) is 5.00. The molecule has 1 heterocycles. The van der Waals surface area contributed by atoms with E-state index < -0.39 is 34.1 Å². The van der Waals surface area contributed by atoms with E-state index in [4.69, 9.17) is 5.73 Å². The van der Waals surface area contributed by atoms with E-state index >= 15 is 0 Å². The van der Waals surface area contributed by atoms with Gasteiger partial charge in [0.2, 0.25) is 0 Å². The number of hydrogen-bond acceptors (Lipinski definition) is 1. The van der Waals surface area contributed by atoms with Gasteiger partial charge >= 0.3 is 103 Å². The number of carbonyl (C=O) groups excluding carboxylic acids is 1. The predicted molar refractivity (Wildman–Crippen MR) is 58.5 cm³/mol. The van der Waals surface area contributed by atoms with Crippen LogP contribution in [0.15, 0.2) is 18.2 Å². The molecule has 0 aromatic heterocycles. The Balaban J connectivity index is 2.21. The summed E-state index contributed by atoms with van der Waals surface area (Å²) in [5.74, 6) is -1.44. The Bertz CT molecular complexity index is 461. The number of nitrogens with two attached hydrogens (primary N) is 1. The van der Waals surface area contributed by atoms with E-state index in [-0.39, 0.29) is 15.5 Å². The molecule has 1 amide bonds. The molecule has 0 radical (unpaired) electrons. The zero-order valence-corrected chi connectivity index (χ0v) is 11.8.